The number of carbonyl (C=O) groups excluding carboxylic acids is 2. The lowest BCUT2D eigenvalue weighted by Gasteiger charge is -2.31. The first-order chi connectivity index (χ1) is 13.2. The Kier molecular flexibility index (Phi) is 5.71. The summed E-state index contributed by atoms with van der Waals surface area (Å²) in [4.78, 5) is 30.7. The van der Waals surface area contributed by atoms with Crippen molar-refractivity contribution in [3.8, 4) is 0 Å². The van der Waals surface area contributed by atoms with Crippen LogP contribution in [0.5, 0.6) is 0 Å². The van der Waals surface area contributed by atoms with Crippen LogP contribution in [-0.4, -0.2) is 40.8 Å². The van der Waals surface area contributed by atoms with Gasteiger partial charge in [0.1, 0.15) is 5.57 Å². The first kappa shape index (κ1) is 20.3. The molecule has 1 fully saturated rings. The lowest BCUT2D eigenvalue weighted by molar-refractivity contribution is -0.167. The number of halogens is 3. The van der Waals surface area contributed by atoms with Crippen LogP contribution in [0.15, 0.2) is 35.5 Å². The highest BCUT2D eigenvalue weighted by atomic mass is 32.1. The third-order valence-corrected chi connectivity index (χ3v) is 5.63. The number of amides is 1. The summed E-state index contributed by atoms with van der Waals surface area (Å²) in [7, 11) is 0. The van der Waals surface area contributed by atoms with E-state index in [1.165, 1.54) is 6.92 Å². The van der Waals surface area contributed by atoms with E-state index in [1.807, 2.05) is 0 Å². The number of hydrogen-bond acceptors (Lipinski definition) is 6. The molecule has 2 heterocycles. The topological polar surface area (TPSA) is 79.5 Å². The highest BCUT2D eigenvalue weighted by Crippen LogP contribution is 2.31. The molecule has 150 valence electrons. The van der Waals surface area contributed by atoms with Crippen molar-refractivity contribution in [2.75, 3.05) is 18.1 Å². The van der Waals surface area contributed by atoms with Crippen molar-refractivity contribution in [2.24, 2.45) is 5.84 Å². The van der Waals surface area contributed by atoms with Gasteiger partial charge >= 0.3 is 6.18 Å². The van der Waals surface area contributed by atoms with E-state index in [9.17, 15) is 22.8 Å². The number of alkyl halides is 3. The number of allylic oxidation sites excluding steroid dienone is 1. The van der Waals surface area contributed by atoms with Crippen molar-refractivity contribution in [3.63, 3.8) is 0 Å². The molecule has 0 bridgehead atoms. The summed E-state index contributed by atoms with van der Waals surface area (Å²) in [6.07, 6.45) is -2.67. The normalized spacial score (nSPS) is 16.1. The number of aromatic nitrogens is 1. The fraction of sp³-hybridized carbons (Fsp3) is 0.389. The van der Waals surface area contributed by atoms with Crippen molar-refractivity contribution in [3.05, 3.63) is 35.5 Å². The number of hydrogen-bond donors (Lipinski definition) is 1. The Morgan fingerprint density at radius 1 is 1.18 bits per heavy atom. The summed E-state index contributed by atoms with van der Waals surface area (Å²) < 4.78 is 40.3. The molecule has 1 aliphatic heterocycles. The lowest BCUT2D eigenvalue weighted by Crippen LogP contribution is -2.44. The molecule has 0 spiro atoms. The second-order valence-electron chi connectivity index (χ2n) is 6.47. The van der Waals surface area contributed by atoms with Gasteiger partial charge in [0.25, 0.3) is 11.7 Å². The molecule has 1 aliphatic rings. The molecule has 0 saturated carbocycles. The third kappa shape index (κ3) is 4.02. The summed E-state index contributed by atoms with van der Waals surface area (Å²) in [5.74, 6) is 2.40. The molecule has 3 rings (SSSR count). The largest absolute Gasteiger partial charge is 0.455 e. The molecule has 0 unspecified atom stereocenters. The molecule has 10 heteroatoms. The average Bonchev–Trinajstić information content (AvgIpc) is 3.11. The van der Waals surface area contributed by atoms with Crippen LogP contribution in [0, 0.1) is 0 Å². The number of ketones is 1. The van der Waals surface area contributed by atoms with Gasteiger partial charge in [-0.15, -0.1) is 0 Å². The minimum Gasteiger partial charge on any atom is -0.374 e. The number of piperidine rings is 1. The Morgan fingerprint density at radius 3 is 2.43 bits per heavy atom. The summed E-state index contributed by atoms with van der Waals surface area (Å²) >= 11 is 1.06. The van der Waals surface area contributed by atoms with E-state index in [4.69, 9.17) is 5.84 Å². The molecular formula is C18H19F3N4O2S. The van der Waals surface area contributed by atoms with Crippen molar-refractivity contribution in [1.82, 2.24) is 9.88 Å². The molecule has 2 aromatic rings. The van der Waals surface area contributed by atoms with Gasteiger partial charge in [-0.1, -0.05) is 23.5 Å². The van der Waals surface area contributed by atoms with Crippen LogP contribution in [0.3, 0.4) is 0 Å². The molecule has 1 aromatic carbocycles. The van der Waals surface area contributed by atoms with Crippen LogP contribution < -0.4 is 10.9 Å². The molecular weight excluding hydrogens is 393 g/mol. The van der Waals surface area contributed by atoms with E-state index in [-0.39, 0.29) is 10.8 Å². The number of hydrazine groups is 1. The Labute approximate surface area is 163 Å². The Balaban J connectivity index is 2.00. The molecule has 6 nitrogen and oxygen atoms in total. The number of benzene rings is 1. The van der Waals surface area contributed by atoms with Gasteiger partial charge in [0, 0.05) is 18.8 Å². The van der Waals surface area contributed by atoms with Gasteiger partial charge in [0.15, 0.2) is 0 Å². The Bertz CT molecular complexity index is 899. The number of Topliss-reactive ketones (excluding diaryl/α,β-unsaturated/α-hetero) is 1. The quantitative estimate of drug-likeness (QED) is 0.208. The van der Waals surface area contributed by atoms with E-state index < -0.39 is 23.4 Å². The maximum atomic E-state index is 13.2. The molecule has 0 atom stereocenters. The molecule has 2 N–H and O–H groups in total. The van der Waals surface area contributed by atoms with E-state index in [1.54, 1.807) is 29.2 Å². The molecule has 28 heavy (non-hydrogen) atoms. The molecule has 1 saturated heterocycles. The minimum atomic E-state index is -5.18. The molecule has 0 radical (unpaired) electrons. The number of anilines is 1. The fourth-order valence-electron chi connectivity index (χ4n) is 3.12. The van der Waals surface area contributed by atoms with Crippen LogP contribution in [0.4, 0.5) is 18.3 Å². The number of para-hydroxylation sites is 1. The third-order valence-electron chi connectivity index (χ3n) is 4.60. The maximum Gasteiger partial charge on any atom is 0.455 e. The number of rotatable bonds is 4. The first-order valence-corrected chi connectivity index (χ1v) is 9.54. The van der Waals surface area contributed by atoms with Crippen molar-refractivity contribution in [1.29, 1.82) is 0 Å². The number of carbonyl (C=O) groups is 2. The smallest absolute Gasteiger partial charge is 0.374 e. The summed E-state index contributed by atoms with van der Waals surface area (Å²) in [5, 5.41) is 0.544. The maximum absolute atomic E-state index is 13.2. The van der Waals surface area contributed by atoms with Crippen LogP contribution in [0.1, 0.15) is 26.2 Å². The van der Waals surface area contributed by atoms with Gasteiger partial charge in [-0.05, 0) is 38.3 Å². The lowest BCUT2D eigenvalue weighted by atomic mass is 10.0. The van der Waals surface area contributed by atoms with E-state index >= 15 is 0 Å². The number of nitrogens with two attached hydrogens (primary N) is 1. The standard InChI is InChI=1S/C18H19F3N4O2S/c1-11(24-9-5-2-6-10-24)14(15(26)18(19,20)21)16(27)25(22)17-23-12-7-3-4-8-13(12)28-17/h3-4,7-8H,2,5-6,9-10,22H2,1H3/b14-11-. The van der Waals surface area contributed by atoms with Gasteiger partial charge in [-0.3, -0.25) is 9.59 Å². The van der Waals surface area contributed by atoms with Crippen LogP contribution >= 0.6 is 11.3 Å². The van der Waals surface area contributed by atoms with Gasteiger partial charge in [-0.2, -0.15) is 13.2 Å². The van der Waals surface area contributed by atoms with Crippen LogP contribution in [-0.2, 0) is 9.59 Å². The van der Waals surface area contributed by atoms with Gasteiger partial charge in [0.05, 0.1) is 10.2 Å². The van der Waals surface area contributed by atoms with Crippen LogP contribution in [0.2, 0.25) is 0 Å². The van der Waals surface area contributed by atoms with Gasteiger partial charge in [-0.25, -0.2) is 15.8 Å². The summed E-state index contributed by atoms with van der Waals surface area (Å²) in [6, 6.07) is 6.97. The highest BCUT2D eigenvalue weighted by Gasteiger charge is 2.45. The predicted octanol–water partition coefficient (Wildman–Crippen LogP) is 3.39. The predicted molar refractivity (Wildman–Crippen MR) is 100 cm³/mol. The monoisotopic (exact) mass is 412 g/mol. The number of likely N-dealkylation sites (tertiary alicyclic amines) is 1. The average molecular weight is 412 g/mol. The minimum absolute atomic E-state index is 0.0106. The first-order valence-electron chi connectivity index (χ1n) is 8.72. The Morgan fingerprint density at radius 2 is 1.82 bits per heavy atom. The van der Waals surface area contributed by atoms with E-state index in [2.05, 4.69) is 4.98 Å². The van der Waals surface area contributed by atoms with Crippen molar-refractivity contribution >= 4 is 38.4 Å². The molecule has 0 aliphatic carbocycles. The zero-order valence-electron chi connectivity index (χ0n) is 15.1. The summed E-state index contributed by atoms with van der Waals surface area (Å²) in [6.45, 7) is 2.33. The SMILES string of the molecule is C/C(=C(/C(=O)N(N)c1nc2ccccc2s1)C(=O)C(F)(F)F)N1CCCCC1. The van der Waals surface area contributed by atoms with Crippen molar-refractivity contribution in [2.45, 2.75) is 32.4 Å². The van der Waals surface area contributed by atoms with Crippen LogP contribution in [0.25, 0.3) is 10.2 Å². The second kappa shape index (κ2) is 7.88. The molecule has 1 amide bonds. The summed E-state index contributed by atoms with van der Waals surface area (Å²) in [5.41, 5.74) is -0.411. The zero-order chi connectivity index (χ0) is 20.5. The fourth-order valence-corrected chi connectivity index (χ4v) is 4.00. The highest BCUT2D eigenvalue weighted by molar-refractivity contribution is 7.22. The van der Waals surface area contributed by atoms with Gasteiger partial charge < -0.3 is 4.90 Å². The Hall–Kier alpha value is -2.46. The number of fused-ring (bicyclic) bond motifs is 1. The van der Waals surface area contributed by atoms with Crippen molar-refractivity contribution < 1.29 is 22.8 Å². The van der Waals surface area contributed by atoms with E-state index in [0.717, 1.165) is 35.3 Å². The zero-order valence-corrected chi connectivity index (χ0v) is 15.9. The number of thiazole rings is 1. The van der Waals surface area contributed by atoms with E-state index in [0.29, 0.717) is 23.6 Å². The molecule has 1 aromatic heterocycles. The van der Waals surface area contributed by atoms with Gasteiger partial charge in [0.2, 0.25) is 5.13 Å². The second-order valence-corrected chi connectivity index (χ2v) is 7.48. The number of nitrogens with zero attached hydrogens (tertiary/aromatic N) is 3.